The van der Waals surface area contributed by atoms with Crippen LogP contribution >= 0.6 is 0 Å². The Kier molecular flexibility index (Phi) is 5.42. The molecule has 0 unspecified atom stereocenters. The summed E-state index contributed by atoms with van der Waals surface area (Å²) >= 11 is 0. The van der Waals surface area contributed by atoms with Gasteiger partial charge in [-0.3, -0.25) is 4.79 Å². The van der Waals surface area contributed by atoms with Gasteiger partial charge in [0.2, 0.25) is 0 Å². The Balaban J connectivity index is 1.52. The zero-order valence-electron chi connectivity index (χ0n) is 16.5. The third kappa shape index (κ3) is 3.86. The fraction of sp³-hybridized carbons (Fsp3) is 0.250. The SMILES string of the molecule is O=C(O)COc1ccccc1C1(O)CCN(C(=O)c2cccc3ccccc23)CC1. The minimum absolute atomic E-state index is 0.0516. The van der Waals surface area contributed by atoms with E-state index in [2.05, 4.69) is 0 Å². The number of fused-ring (bicyclic) bond motifs is 1. The standard InChI is InChI=1S/C24H23NO5/c26-22(27)16-30-21-11-4-3-10-20(21)24(29)12-14-25(15-13-24)23(28)19-9-5-7-17-6-1-2-8-18(17)19/h1-11,29H,12-16H2,(H,26,27). The lowest BCUT2D eigenvalue weighted by atomic mass is 9.83. The number of benzene rings is 3. The van der Waals surface area contributed by atoms with Crippen molar-refractivity contribution in [2.45, 2.75) is 18.4 Å². The molecule has 0 aromatic heterocycles. The molecule has 0 spiro atoms. The van der Waals surface area contributed by atoms with Crippen LogP contribution in [0.1, 0.15) is 28.8 Å². The number of aliphatic hydroxyl groups is 1. The highest BCUT2D eigenvalue weighted by molar-refractivity contribution is 6.07. The molecule has 3 aromatic carbocycles. The van der Waals surface area contributed by atoms with Gasteiger partial charge in [-0.15, -0.1) is 0 Å². The molecule has 2 N–H and O–H groups in total. The minimum atomic E-state index is -1.18. The largest absolute Gasteiger partial charge is 0.482 e. The van der Waals surface area contributed by atoms with E-state index in [4.69, 9.17) is 9.84 Å². The molecule has 6 nitrogen and oxygen atoms in total. The Labute approximate surface area is 174 Å². The summed E-state index contributed by atoms with van der Waals surface area (Å²) in [5.74, 6) is -0.771. The zero-order valence-corrected chi connectivity index (χ0v) is 16.5. The third-order valence-corrected chi connectivity index (χ3v) is 5.64. The van der Waals surface area contributed by atoms with Gasteiger partial charge in [-0.05, 0) is 35.7 Å². The lowest BCUT2D eigenvalue weighted by Gasteiger charge is -2.39. The van der Waals surface area contributed by atoms with Gasteiger partial charge in [0.25, 0.3) is 5.91 Å². The highest BCUT2D eigenvalue weighted by atomic mass is 16.5. The first-order valence-electron chi connectivity index (χ1n) is 9.91. The maximum atomic E-state index is 13.2. The molecule has 0 aliphatic carbocycles. The predicted octanol–water partition coefficient (Wildman–Crippen LogP) is 3.43. The summed E-state index contributed by atoms with van der Waals surface area (Å²) in [7, 11) is 0. The maximum Gasteiger partial charge on any atom is 0.341 e. The number of carbonyl (C=O) groups excluding carboxylic acids is 1. The molecule has 1 heterocycles. The molecule has 6 heteroatoms. The molecule has 1 amide bonds. The predicted molar refractivity (Wildman–Crippen MR) is 113 cm³/mol. The molecular formula is C24H23NO5. The number of likely N-dealkylation sites (tertiary alicyclic amines) is 1. The molecule has 0 atom stereocenters. The number of rotatable bonds is 5. The van der Waals surface area contributed by atoms with Crippen LogP contribution in [-0.4, -0.2) is 46.7 Å². The summed E-state index contributed by atoms with van der Waals surface area (Å²) < 4.78 is 5.37. The average molecular weight is 405 g/mol. The van der Waals surface area contributed by atoms with E-state index < -0.39 is 18.2 Å². The van der Waals surface area contributed by atoms with Gasteiger partial charge in [-0.1, -0.05) is 54.6 Å². The molecule has 4 rings (SSSR count). The summed E-state index contributed by atoms with van der Waals surface area (Å²) in [5.41, 5.74) is 0.0391. The van der Waals surface area contributed by atoms with Gasteiger partial charge in [0, 0.05) is 24.2 Å². The van der Waals surface area contributed by atoms with Crippen molar-refractivity contribution in [3.63, 3.8) is 0 Å². The van der Waals surface area contributed by atoms with Gasteiger partial charge in [-0.2, -0.15) is 0 Å². The summed E-state index contributed by atoms with van der Waals surface area (Å²) in [6, 6.07) is 20.4. The van der Waals surface area contributed by atoms with E-state index >= 15 is 0 Å². The van der Waals surface area contributed by atoms with E-state index in [1.54, 1.807) is 29.2 Å². The Morgan fingerprint density at radius 3 is 2.37 bits per heavy atom. The average Bonchev–Trinajstić information content (AvgIpc) is 2.77. The molecule has 1 fully saturated rings. The van der Waals surface area contributed by atoms with Crippen LogP contribution in [0.2, 0.25) is 0 Å². The molecule has 0 saturated carbocycles. The number of hydrogen-bond acceptors (Lipinski definition) is 4. The summed E-state index contributed by atoms with van der Waals surface area (Å²) in [6.45, 7) is 0.316. The van der Waals surface area contributed by atoms with Crippen LogP contribution < -0.4 is 4.74 Å². The number of hydrogen-bond donors (Lipinski definition) is 2. The minimum Gasteiger partial charge on any atom is -0.482 e. The Hall–Kier alpha value is -3.38. The number of ether oxygens (including phenoxy) is 1. The van der Waals surface area contributed by atoms with Crippen molar-refractivity contribution in [2.75, 3.05) is 19.7 Å². The molecule has 0 bridgehead atoms. The van der Waals surface area contributed by atoms with Crippen molar-refractivity contribution in [3.8, 4) is 5.75 Å². The number of nitrogens with zero attached hydrogens (tertiary/aromatic N) is 1. The van der Waals surface area contributed by atoms with Gasteiger partial charge in [0.05, 0.1) is 5.60 Å². The van der Waals surface area contributed by atoms with Crippen molar-refractivity contribution in [2.24, 2.45) is 0 Å². The van der Waals surface area contributed by atoms with Crippen molar-refractivity contribution >= 4 is 22.6 Å². The van der Waals surface area contributed by atoms with E-state index in [9.17, 15) is 14.7 Å². The number of carboxylic acids is 1. The number of piperidine rings is 1. The fourth-order valence-electron chi connectivity index (χ4n) is 4.05. The lowest BCUT2D eigenvalue weighted by Crippen LogP contribution is -2.45. The van der Waals surface area contributed by atoms with Crippen molar-refractivity contribution in [1.29, 1.82) is 0 Å². The Morgan fingerprint density at radius 2 is 1.60 bits per heavy atom. The Bertz CT molecular complexity index is 1080. The number of aliphatic carboxylic acids is 1. The maximum absolute atomic E-state index is 13.2. The van der Waals surface area contributed by atoms with Crippen LogP contribution in [0.3, 0.4) is 0 Å². The highest BCUT2D eigenvalue weighted by Crippen LogP contribution is 2.38. The summed E-state index contributed by atoms with van der Waals surface area (Å²) in [6.07, 6.45) is 0.688. The first-order valence-corrected chi connectivity index (χ1v) is 9.91. The van der Waals surface area contributed by atoms with E-state index in [-0.39, 0.29) is 5.91 Å². The van der Waals surface area contributed by atoms with Gasteiger partial charge >= 0.3 is 5.97 Å². The van der Waals surface area contributed by atoms with Gasteiger partial charge in [-0.25, -0.2) is 4.79 Å². The Morgan fingerprint density at radius 1 is 0.933 bits per heavy atom. The third-order valence-electron chi connectivity index (χ3n) is 5.64. The van der Waals surface area contributed by atoms with Crippen molar-refractivity contribution in [3.05, 3.63) is 77.9 Å². The topological polar surface area (TPSA) is 87.1 Å². The van der Waals surface area contributed by atoms with Crippen LogP contribution in [0.4, 0.5) is 0 Å². The van der Waals surface area contributed by atoms with Gasteiger partial charge in [0.15, 0.2) is 6.61 Å². The van der Waals surface area contributed by atoms with Crippen molar-refractivity contribution < 1.29 is 24.5 Å². The molecule has 154 valence electrons. The van der Waals surface area contributed by atoms with Gasteiger partial charge < -0.3 is 19.8 Å². The first kappa shape index (κ1) is 19.9. The van der Waals surface area contributed by atoms with E-state index in [1.165, 1.54) is 0 Å². The second-order valence-electron chi connectivity index (χ2n) is 7.53. The molecule has 1 aliphatic rings. The van der Waals surface area contributed by atoms with E-state index in [0.717, 1.165) is 10.8 Å². The lowest BCUT2D eigenvalue weighted by molar-refractivity contribution is -0.139. The summed E-state index contributed by atoms with van der Waals surface area (Å²) in [4.78, 5) is 25.8. The molecule has 1 aliphatic heterocycles. The monoisotopic (exact) mass is 405 g/mol. The second kappa shape index (κ2) is 8.16. The number of carbonyl (C=O) groups is 2. The second-order valence-corrected chi connectivity index (χ2v) is 7.53. The fourth-order valence-corrected chi connectivity index (χ4v) is 4.05. The number of para-hydroxylation sites is 1. The highest BCUT2D eigenvalue weighted by Gasteiger charge is 2.37. The molecule has 30 heavy (non-hydrogen) atoms. The molecule has 1 saturated heterocycles. The van der Waals surface area contributed by atoms with E-state index in [0.29, 0.717) is 42.8 Å². The summed E-state index contributed by atoms with van der Waals surface area (Å²) in [5, 5.41) is 22.1. The number of carboxylic acid groups (broad SMARTS) is 1. The van der Waals surface area contributed by atoms with Crippen LogP contribution in [0.15, 0.2) is 66.7 Å². The van der Waals surface area contributed by atoms with Gasteiger partial charge in [0.1, 0.15) is 5.75 Å². The molecular weight excluding hydrogens is 382 g/mol. The van der Waals surface area contributed by atoms with E-state index in [1.807, 2.05) is 42.5 Å². The van der Waals surface area contributed by atoms with Crippen LogP contribution in [0.5, 0.6) is 5.75 Å². The van der Waals surface area contributed by atoms with Crippen LogP contribution in [-0.2, 0) is 10.4 Å². The first-order chi connectivity index (χ1) is 14.5. The molecule has 0 radical (unpaired) electrons. The normalized spacial score (nSPS) is 15.7. The van der Waals surface area contributed by atoms with Crippen molar-refractivity contribution in [1.82, 2.24) is 4.90 Å². The van der Waals surface area contributed by atoms with Crippen LogP contribution in [0.25, 0.3) is 10.8 Å². The molecule has 3 aromatic rings. The quantitative estimate of drug-likeness (QED) is 0.679. The van der Waals surface area contributed by atoms with Crippen LogP contribution in [0, 0.1) is 0 Å². The number of amides is 1. The smallest absolute Gasteiger partial charge is 0.341 e. The zero-order chi connectivity index (χ0) is 21.1.